The third-order valence-corrected chi connectivity index (χ3v) is 4.56. The maximum absolute atomic E-state index is 5.78. The Balaban J connectivity index is 1.47. The van der Waals surface area contributed by atoms with Crippen LogP contribution in [-0.2, 0) is 11.3 Å². The van der Waals surface area contributed by atoms with Crippen LogP contribution >= 0.6 is 0 Å². The van der Waals surface area contributed by atoms with Crippen molar-refractivity contribution in [2.24, 2.45) is 0 Å². The van der Waals surface area contributed by atoms with Crippen LogP contribution in [0, 0.1) is 0 Å². The van der Waals surface area contributed by atoms with Crippen LogP contribution in [0.1, 0.15) is 24.8 Å². The van der Waals surface area contributed by atoms with Gasteiger partial charge in [-0.2, -0.15) is 5.10 Å². The highest BCUT2D eigenvalue weighted by atomic mass is 16.5. The van der Waals surface area contributed by atoms with Crippen LogP contribution < -0.4 is 15.0 Å². The average molecular weight is 356 g/mol. The number of methoxy groups -OCH3 is 1. The van der Waals surface area contributed by atoms with E-state index in [-0.39, 0.29) is 0 Å². The lowest BCUT2D eigenvalue weighted by Crippen LogP contribution is -2.45. The molecule has 0 bridgehead atoms. The molecule has 2 heterocycles. The lowest BCUT2D eigenvalue weighted by molar-refractivity contribution is 0.172. The second kappa shape index (κ2) is 10.1. The molecule has 140 valence electrons. The second-order valence-corrected chi connectivity index (χ2v) is 6.59. The molecule has 1 aromatic heterocycles. The summed E-state index contributed by atoms with van der Waals surface area (Å²) >= 11 is 0. The molecule has 1 aliphatic heterocycles. The predicted octanol–water partition coefficient (Wildman–Crippen LogP) is 2.65. The van der Waals surface area contributed by atoms with Gasteiger partial charge < -0.3 is 19.7 Å². The van der Waals surface area contributed by atoms with Crippen molar-refractivity contribution in [3.63, 3.8) is 0 Å². The van der Waals surface area contributed by atoms with Crippen molar-refractivity contribution in [3.8, 4) is 5.75 Å². The fourth-order valence-electron chi connectivity index (χ4n) is 3.21. The maximum atomic E-state index is 5.78. The molecule has 0 saturated carbocycles. The zero-order valence-corrected chi connectivity index (χ0v) is 15.4. The minimum absolute atomic E-state index is 0.456. The molecule has 1 aromatic carbocycles. The highest BCUT2D eigenvalue weighted by Gasteiger charge is 2.20. The van der Waals surface area contributed by atoms with Gasteiger partial charge in [-0.15, -0.1) is 5.10 Å². The van der Waals surface area contributed by atoms with E-state index in [4.69, 9.17) is 9.47 Å². The summed E-state index contributed by atoms with van der Waals surface area (Å²) in [5.41, 5.74) is 1.24. The number of nitrogens with one attached hydrogen (secondary N) is 1. The van der Waals surface area contributed by atoms with Crippen molar-refractivity contribution in [3.05, 3.63) is 48.2 Å². The quantitative estimate of drug-likeness (QED) is 0.697. The van der Waals surface area contributed by atoms with Gasteiger partial charge in [0.2, 0.25) is 0 Å². The van der Waals surface area contributed by atoms with E-state index in [9.17, 15) is 0 Å². The van der Waals surface area contributed by atoms with E-state index in [1.807, 2.05) is 18.2 Å². The van der Waals surface area contributed by atoms with Gasteiger partial charge in [0.15, 0.2) is 5.82 Å². The summed E-state index contributed by atoms with van der Waals surface area (Å²) in [4.78, 5) is 2.31. The predicted molar refractivity (Wildman–Crippen MR) is 103 cm³/mol. The first-order valence-corrected chi connectivity index (χ1v) is 9.32. The van der Waals surface area contributed by atoms with Gasteiger partial charge in [-0.25, -0.2) is 0 Å². The van der Waals surface area contributed by atoms with E-state index in [1.165, 1.54) is 12.0 Å². The van der Waals surface area contributed by atoms with Crippen LogP contribution in [-0.4, -0.2) is 49.7 Å². The Bertz CT molecular complexity index is 653. The first-order chi connectivity index (χ1) is 12.8. The monoisotopic (exact) mass is 356 g/mol. The largest absolute Gasteiger partial charge is 0.493 e. The molecule has 1 unspecified atom stereocenters. The van der Waals surface area contributed by atoms with Gasteiger partial charge in [0.1, 0.15) is 5.75 Å². The fraction of sp³-hybridized carbons (Fsp3) is 0.500. The third-order valence-electron chi connectivity index (χ3n) is 4.56. The first kappa shape index (κ1) is 18.6. The summed E-state index contributed by atoms with van der Waals surface area (Å²) in [5.74, 6) is 1.88. The summed E-state index contributed by atoms with van der Waals surface area (Å²) in [7, 11) is 1.71. The number of hydrogen-bond donors (Lipinski definition) is 1. The number of hydrogen-bond acceptors (Lipinski definition) is 6. The summed E-state index contributed by atoms with van der Waals surface area (Å²) < 4.78 is 10.8. The molecule has 3 rings (SSSR count). The molecule has 1 saturated heterocycles. The molecule has 0 radical (unpaired) electrons. The Labute approximate surface area is 155 Å². The molecule has 6 nitrogen and oxygen atoms in total. The molecule has 6 heteroatoms. The van der Waals surface area contributed by atoms with Crippen molar-refractivity contribution in [1.82, 2.24) is 15.5 Å². The number of anilines is 1. The molecule has 1 atom stereocenters. The number of benzene rings is 1. The third kappa shape index (κ3) is 5.68. The molecule has 1 N–H and O–H groups in total. The normalized spacial score (nSPS) is 17.3. The van der Waals surface area contributed by atoms with Crippen molar-refractivity contribution in [2.75, 3.05) is 38.3 Å². The smallest absolute Gasteiger partial charge is 0.151 e. The zero-order valence-electron chi connectivity index (χ0n) is 15.4. The van der Waals surface area contributed by atoms with Crippen molar-refractivity contribution in [2.45, 2.75) is 31.8 Å². The summed E-state index contributed by atoms with van der Waals surface area (Å²) in [6, 6.07) is 12.7. The Morgan fingerprint density at radius 3 is 3.04 bits per heavy atom. The Morgan fingerprint density at radius 1 is 1.23 bits per heavy atom. The lowest BCUT2D eigenvalue weighted by atomic mass is 10.1. The SMILES string of the molecule is COCCCOc1cccc(CNC2CCCN(c3cccnn3)C2)c1. The first-order valence-electron chi connectivity index (χ1n) is 9.32. The van der Waals surface area contributed by atoms with Gasteiger partial charge >= 0.3 is 0 Å². The molecular weight excluding hydrogens is 328 g/mol. The highest BCUT2D eigenvalue weighted by molar-refractivity contribution is 5.37. The Morgan fingerprint density at radius 2 is 2.19 bits per heavy atom. The number of piperidine rings is 1. The van der Waals surface area contributed by atoms with Crippen LogP contribution in [0.25, 0.3) is 0 Å². The minimum Gasteiger partial charge on any atom is -0.493 e. The molecule has 0 spiro atoms. The zero-order chi connectivity index (χ0) is 18.0. The van der Waals surface area contributed by atoms with E-state index in [0.29, 0.717) is 12.6 Å². The number of nitrogens with zero attached hydrogens (tertiary/aromatic N) is 3. The maximum Gasteiger partial charge on any atom is 0.151 e. The van der Waals surface area contributed by atoms with Crippen LogP contribution in [0.3, 0.4) is 0 Å². The topological polar surface area (TPSA) is 59.5 Å². The van der Waals surface area contributed by atoms with Crippen LogP contribution in [0.2, 0.25) is 0 Å². The molecule has 0 amide bonds. The van der Waals surface area contributed by atoms with Crippen LogP contribution in [0.15, 0.2) is 42.6 Å². The number of aromatic nitrogens is 2. The van der Waals surface area contributed by atoms with Gasteiger partial charge in [-0.1, -0.05) is 12.1 Å². The van der Waals surface area contributed by atoms with Gasteiger partial charge in [0, 0.05) is 52.0 Å². The standard InChI is InChI=1S/C20H28N4O2/c1-25-12-5-13-26-19-8-2-6-17(14-19)15-21-18-7-4-11-24(16-18)20-9-3-10-22-23-20/h2-3,6,8-10,14,18,21H,4-5,7,11-13,15-16H2,1H3. The van der Waals surface area contributed by atoms with Crippen LogP contribution in [0.5, 0.6) is 5.75 Å². The van der Waals surface area contributed by atoms with E-state index in [1.54, 1.807) is 13.3 Å². The lowest BCUT2D eigenvalue weighted by Gasteiger charge is -2.33. The van der Waals surface area contributed by atoms with E-state index in [0.717, 1.165) is 50.7 Å². The number of rotatable bonds is 9. The van der Waals surface area contributed by atoms with Gasteiger partial charge in [0.25, 0.3) is 0 Å². The molecule has 26 heavy (non-hydrogen) atoms. The van der Waals surface area contributed by atoms with Crippen LogP contribution in [0.4, 0.5) is 5.82 Å². The summed E-state index contributed by atoms with van der Waals surface area (Å²) in [5, 5.41) is 11.9. The molecule has 1 aliphatic rings. The van der Waals surface area contributed by atoms with Crippen molar-refractivity contribution < 1.29 is 9.47 Å². The van der Waals surface area contributed by atoms with Crippen molar-refractivity contribution in [1.29, 1.82) is 0 Å². The average Bonchev–Trinajstić information content (AvgIpc) is 2.71. The fourth-order valence-corrected chi connectivity index (χ4v) is 3.21. The van der Waals surface area contributed by atoms with Crippen molar-refractivity contribution >= 4 is 5.82 Å². The Kier molecular flexibility index (Phi) is 7.22. The highest BCUT2D eigenvalue weighted by Crippen LogP contribution is 2.18. The minimum atomic E-state index is 0.456. The molecule has 2 aromatic rings. The Hall–Kier alpha value is -2.18. The molecule has 1 fully saturated rings. The van der Waals surface area contributed by atoms with Gasteiger partial charge in [-0.05, 0) is 42.7 Å². The van der Waals surface area contributed by atoms with Gasteiger partial charge in [0.05, 0.1) is 6.61 Å². The molecular formula is C20H28N4O2. The number of ether oxygens (including phenoxy) is 2. The molecule has 0 aliphatic carbocycles. The second-order valence-electron chi connectivity index (χ2n) is 6.59. The van der Waals surface area contributed by atoms with Gasteiger partial charge in [-0.3, -0.25) is 0 Å². The summed E-state index contributed by atoms with van der Waals surface area (Å²) in [6.07, 6.45) is 4.97. The summed E-state index contributed by atoms with van der Waals surface area (Å²) in [6.45, 7) is 4.26. The van der Waals surface area contributed by atoms with E-state index in [2.05, 4.69) is 38.6 Å². The van der Waals surface area contributed by atoms with E-state index >= 15 is 0 Å². The van der Waals surface area contributed by atoms with E-state index < -0.39 is 0 Å².